The van der Waals surface area contributed by atoms with Crippen LogP contribution in [-0.4, -0.2) is 13.2 Å². The maximum Gasteiger partial charge on any atom is 0.0672 e. The maximum atomic E-state index is 9.18. The molecule has 2 rings (SSSR count). The van der Waals surface area contributed by atoms with Gasteiger partial charge in [-0.25, -0.2) is 0 Å². The van der Waals surface area contributed by atoms with Crippen molar-refractivity contribution in [2.45, 2.75) is 18.8 Å². The number of hydrogen-bond donors (Lipinski definition) is 0. The average Bonchev–Trinajstić information content (AvgIpc) is 2.58. The highest BCUT2D eigenvalue weighted by molar-refractivity contribution is 9.10. The molecule has 1 unspecified atom stereocenters. The lowest BCUT2D eigenvalue weighted by molar-refractivity contribution is -0.0785. The van der Waals surface area contributed by atoms with E-state index in [0.717, 1.165) is 10.9 Å². The normalized spacial score (nSPS) is 20.3. The van der Waals surface area contributed by atoms with Crippen molar-refractivity contribution in [3.8, 4) is 6.07 Å². The third-order valence-corrected chi connectivity index (χ3v) is 4.92. The zero-order chi connectivity index (χ0) is 10.9. The van der Waals surface area contributed by atoms with Crippen molar-refractivity contribution in [2.75, 3.05) is 13.2 Å². The molecule has 0 aromatic carbocycles. The number of nitriles is 1. The van der Waals surface area contributed by atoms with Crippen LogP contribution in [0.4, 0.5) is 0 Å². The molecule has 1 aromatic heterocycles. The topological polar surface area (TPSA) is 33.0 Å². The Bertz CT molecular complexity index is 392. The number of thiophene rings is 1. The van der Waals surface area contributed by atoms with Gasteiger partial charge < -0.3 is 4.74 Å². The van der Waals surface area contributed by atoms with Crippen molar-refractivity contribution in [3.05, 3.63) is 20.8 Å². The Morgan fingerprint density at radius 3 is 2.80 bits per heavy atom. The second kappa shape index (κ2) is 4.25. The van der Waals surface area contributed by atoms with Crippen LogP contribution in [-0.2, 0) is 10.2 Å². The molecule has 0 aliphatic carbocycles. The summed E-state index contributed by atoms with van der Waals surface area (Å²) in [6.07, 6.45) is 0.884. The molecule has 1 atom stereocenters. The van der Waals surface area contributed by atoms with Crippen molar-refractivity contribution in [2.24, 2.45) is 5.92 Å². The minimum absolute atomic E-state index is 0.0415. The lowest BCUT2D eigenvalue weighted by atomic mass is 9.72. The number of halogens is 1. The molecular weight excluding hydrogens is 274 g/mol. The summed E-state index contributed by atoms with van der Waals surface area (Å²) in [5.41, 5.74) is -0.0415. The van der Waals surface area contributed by atoms with E-state index in [1.54, 1.807) is 11.3 Å². The largest absolute Gasteiger partial charge is 0.379 e. The van der Waals surface area contributed by atoms with Gasteiger partial charge >= 0.3 is 0 Å². The molecule has 2 heterocycles. The standard InChI is InChI=1S/C11H12BrNOS/c1-2-8(4-13)11(6-14-7-11)10-3-9(12)5-15-10/h3,5,8H,2,6-7H2,1H3. The Morgan fingerprint density at radius 1 is 1.73 bits per heavy atom. The number of ether oxygens (including phenoxy) is 1. The molecule has 15 heavy (non-hydrogen) atoms. The summed E-state index contributed by atoms with van der Waals surface area (Å²) in [5.74, 6) is 0.0665. The average molecular weight is 286 g/mol. The molecule has 0 spiro atoms. The fourth-order valence-electron chi connectivity index (χ4n) is 2.02. The molecule has 1 aliphatic heterocycles. The van der Waals surface area contributed by atoms with Crippen LogP contribution in [0.3, 0.4) is 0 Å². The summed E-state index contributed by atoms with van der Waals surface area (Å²) < 4.78 is 6.43. The molecule has 4 heteroatoms. The van der Waals surface area contributed by atoms with E-state index in [4.69, 9.17) is 4.74 Å². The number of hydrogen-bond acceptors (Lipinski definition) is 3. The Balaban J connectivity index is 2.33. The molecule has 1 aromatic rings. The molecule has 1 saturated heterocycles. The third-order valence-electron chi connectivity index (χ3n) is 3.01. The van der Waals surface area contributed by atoms with Crippen LogP contribution < -0.4 is 0 Å². The first-order valence-corrected chi connectivity index (χ1v) is 6.62. The van der Waals surface area contributed by atoms with Crippen LogP contribution in [0.15, 0.2) is 15.9 Å². The quantitative estimate of drug-likeness (QED) is 0.854. The predicted molar refractivity (Wildman–Crippen MR) is 63.9 cm³/mol. The highest BCUT2D eigenvalue weighted by atomic mass is 79.9. The van der Waals surface area contributed by atoms with Crippen molar-refractivity contribution >= 4 is 27.3 Å². The fourth-order valence-corrected chi connectivity index (χ4v) is 3.68. The van der Waals surface area contributed by atoms with Crippen molar-refractivity contribution in [1.29, 1.82) is 5.26 Å². The predicted octanol–water partition coefficient (Wildman–Crippen LogP) is 3.33. The minimum atomic E-state index is -0.0415. The Hall–Kier alpha value is -0.370. The summed E-state index contributed by atoms with van der Waals surface area (Å²) in [4.78, 5) is 1.27. The van der Waals surface area contributed by atoms with Gasteiger partial charge in [0.25, 0.3) is 0 Å². The molecule has 1 fully saturated rings. The lowest BCUT2D eigenvalue weighted by Gasteiger charge is -2.43. The van der Waals surface area contributed by atoms with E-state index >= 15 is 0 Å². The van der Waals surface area contributed by atoms with Crippen LogP contribution >= 0.6 is 27.3 Å². The van der Waals surface area contributed by atoms with Gasteiger partial charge in [-0.05, 0) is 28.4 Å². The second-order valence-electron chi connectivity index (χ2n) is 3.87. The van der Waals surface area contributed by atoms with Crippen LogP contribution in [0.1, 0.15) is 18.2 Å². The van der Waals surface area contributed by atoms with Crippen molar-refractivity contribution < 1.29 is 4.74 Å². The summed E-state index contributed by atoms with van der Waals surface area (Å²) in [5, 5.41) is 11.3. The molecule has 0 saturated carbocycles. The molecule has 80 valence electrons. The highest BCUT2D eigenvalue weighted by Crippen LogP contribution is 2.44. The van der Waals surface area contributed by atoms with Gasteiger partial charge in [0.15, 0.2) is 0 Å². The molecule has 1 aliphatic rings. The summed E-state index contributed by atoms with van der Waals surface area (Å²) in [7, 11) is 0. The monoisotopic (exact) mass is 285 g/mol. The van der Waals surface area contributed by atoms with Crippen LogP contribution in [0.5, 0.6) is 0 Å². The molecule has 0 bridgehead atoms. The van der Waals surface area contributed by atoms with E-state index in [9.17, 15) is 5.26 Å². The number of nitrogens with zero attached hydrogens (tertiary/aromatic N) is 1. The van der Waals surface area contributed by atoms with Crippen molar-refractivity contribution in [3.63, 3.8) is 0 Å². The number of rotatable bonds is 3. The van der Waals surface area contributed by atoms with Crippen LogP contribution in [0, 0.1) is 17.2 Å². The Labute approximate surface area is 102 Å². The Morgan fingerprint density at radius 2 is 2.47 bits per heavy atom. The maximum absolute atomic E-state index is 9.18. The zero-order valence-corrected chi connectivity index (χ0v) is 10.9. The lowest BCUT2D eigenvalue weighted by Crippen LogP contribution is -2.51. The van der Waals surface area contributed by atoms with Gasteiger partial charge in [0.2, 0.25) is 0 Å². The van der Waals surface area contributed by atoms with Crippen LogP contribution in [0.25, 0.3) is 0 Å². The Kier molecular flexibility index (Phi) is 3.15. The van der Waals surface area contributed by atoms with Gasteiger partial charge in [-0.3, -0.25) is 0 Å². The molecular formula is C11H12BrNOS. The van der Waals surface area contributed by atoms with Crippen molar-refractivity contribution in [1.82, 2.24) is 0 Å². The first kappa shape index (κ1) is 11.1. The van der Waals surface area contributed by atoms with E-state index in [-0.39, 0.29) is 11.3 Å². The minimum Gasteiger partial charge on any atom is -0.379 e. The van der Waals surface area contributed by atoms with E-state index in [1.807, 2.05) is 0 Å². The molecule has 0 radical (unpaired) electrons. The van der Waals surface area contributed by atoms with Gasteiger partial charge in [0.05, 0.1) is 30.6 Å². The smallest absolute Gasteiger partial charge is 0.0672 e. The molecule has 0 N–H and O–H groups in total. The van der Waals surface area contributed by atoms with Gasteiger partial charge in [-0.2, -0.15) is 5.26 Å². The first-order chi connectivity index (χ1) is 7.23. The zero-order valence-electron chi connectivity index (χ0n) is 8.50. The van der Waals surface area contributed by atoms with Gasteiger partial charge in [-0.15, -0.1) is 11.3 Å². The van der Waals surface area contributed by atoms with E-state index in [0.29, 0.717) is 13.2 Å². The summed E-state index contributed by atoms with van der Waals surface area (Å²) in [6, 6.07) is 4.53. The summed E-state index contributed by atoms with van der Waals surface area (Å²) in [6.45, 7) is 3.44. The van der Waals surface area contributed by atoms with Crippen LogP contribution in [0.2, 0.25) is 0 Å². The molecule has 0 amide bonds. The van der Waals surface area contributed by atoms with Gasteiger partial charge in [-0.1, -0.05) is 6.92 Å². The SMILES string of the molecule is CCC(C#N)C1(c2cc(Br)cs2)COC1. The van der Waals surface area contributed by atoms with Gasteiger partial charge in [0, 0.05) is 14.7 Å². The highest BCUT2D eigenvalue weighted by Gasteiger charge is 2.47. The fraction of sp³-hybridized carbons (Fsp3) is 0.545. The third kappa shape index (κ3) is 1.73. The second-order valence-corrected chi connectivity index (χ2v) is 5.69. The molecule has 2 nitrogen and oxygen atoms in total. The summed E-state index contributed by atoms with van der Waals surface area (Å²) >= 11 is 5.17. The van der Waals surface area contributed by atoms with E-state index < -0.39 is 0 Å². The first-order valence-electron chi connectivity index (χ1n) is 4.95. The van der Waals surface area contributed by atoms with E-state index in [1.165, 1.54) is 4.88 Å². The van der Waals surface area contributed by atoms with E-state index in [2.05, 4.69) is 40.4 Å². The van der Waals surface area contributed by atoms with Gasteiger partial charge in [0.1, 0.15) is 0 Å².